The third-order valence-corrected chi connectivity index (χ3v) is 15.2. The minimum atomic E-state index is -2.33. The monoisotopic (exact) mass is 1230 g/mol. The van der Waals surface area contributed by atoms with Crippen molar-refractivity contribution in [1.82, 2.24) is 29.5 Å². The van der Waals surface area contributed by atoms with Crippen LogP contribution in [0.25, 0.3) is 0 Å². The van der Waals surface area contributed by atoms with E-state index in [-0.39, 0.29) is 50.3 Å². The van der Waals surface area contributed by atoms with Gasteiger partial charge in [0.1, 0.15) is 60.7 Å². The van der Waals surface area contributed by atoms with Gasteiger partial charge in [0, 0.05) is 49.1 Å². The molecule has 0 saturated carbocycles. The number of aliphatic hydroxyl groups is 11. The van der Waals surface area contributed by atoms with Gasteiger partial charge in [0.2, 0.25) is 0 Å². The number of cyclic esters (lactones) is 1. The number of ether oxygens (including phenoxy) is 4. The average molecular weight is 1230 g/mol. The van der Waals surface area contributed by atoms with Gasteiger partial charge >= 0.3 is 11.9 Å². The maximum Gasteiger partial charge on any atom is 0.311 e. The van der Waals surface area contributed by atoms with Gasteiger partial charge in [-0.1, -0.05) is 105 Å². The number of benzene rings is 1. The number of hydrogen-bond acceptors (Lipinski definition) is 22. The predicted molar refractivity (Wildman–Crippen MR) is 307 cm³/mol. The second-order valence-corrected chi connectivity index (χ2v) is 22.4. The number of rotatable bonds is 8. The molecular formula is C60H85F2N7O18. The number of aliphatic carboxylic acids is 1. The van der Waals surface area contributed by atoms with Gasteiger partial charge in [0.25, 0.3) is 0 Å². The first-order chi connectivity index (χ1) is 41.2. The van der Waals surface area contributed by atoms with Crippen molar-refractivity contribution in [2.24, 2.45) is 23.5 Å². The highest BCUT2D eigenvalue weighted by atomic mass is 19.1. The first-order valence-corrected chi connectivity index (χ1v) is 28.7. The summed E-state index contributed by atoms with van der Waals surface area (Å²) in [6.45, 7) is 6.59. The molecule has 0 amide bonds. The topological polar surface area (TPSA) is 401 Å². The molecule has 5 heterocycles. The Morgan fingerprint density at radius 3 is 1.84 bits per heavy atom. The molecule has 0 radical (unpaired) electrons. The summed E-state index contributed by atoms with van der Waals surface area (Å²) < 4.78 is 53.1. The number of carbonyl (C=O) groups excluding carboxylic acids is 1. The lowest BCUT2D eigenvalue weighted by Gasteiger charge is -2.45. The molecule has 6 rings (SSSR count). The van der Waals surface area contributed by atoms with Gasteiger partial charge in [0.15, 0.2) is 12.1 Å². The molecule has 25 nitrogen and oxygen atoms in total. The van der Waals surface area contributed by atoms with Gasteiger partial charge in [-0.15, -0.1) is 0 Å². The summed E-state index contributed by atoms with van der Waals surface area (Å²) in [5.74, 6) is -8.39. The van der Waals surface area contributed by atoms with Gasteiger partial charge in [-0.05, 0) is 39.2 Å². The van der Waals surface area contributed by atoms with E-state index in [1.54, 1.807) is 80.7 Å². The van der Waals surface area contributed by atoms with E-state index in [1.165, 1.54) is 53.7 Å². The molecule has 2 saturated heterocycles. The Morgan fingerprint density at radius 2 is 1.29 bits per heavy atom. The van der Waals surface area contributed by atoms with E-state index in [0.717, 1.165) is 12.1 Å². The van der Waals surface area contributed by atoms with Crippen molar-refractivity contribution in [3.05, 3.63) is 146 Å². The first-order valence-electron chi connectivity index (χ1n) is 28.7. The number of carboxylic acid groups (broad SMARTS) is 1. The fraction of sp³-hybridized carbons (Fsp3) is 0.567. The highest BCUT2D eigenvalue weighted by molar-refractivity contribution is 5.71. The smallest absolute Gasteiger partial charge is 0.311 e. The second-order valence-electron chi connectivity index (χ2n) is 22.4. The maximum atomic E-state index is 14.1. The Balaban J connectivity index is 0.000000518. The normalized spacial score (nSPS) is 37.0. The number of nitrogens with two attached hydrogens (primary N) is 1. The average Bonchev–Trinajstić information content (AvgIpc) is 4.15. The molecule has 3 aliphatic rings. The van der Waals surface area contributed by atoms with Crippen molar-refractivity contribution in [3.8, 4) is 0 Å². The molecule has 87 heavy (non-hydrogen) atoms. The van der Waals surface area contributed by atoms with Crippen LogP contribution in [0.4, 0.5) is 8.78 Å². The molecule has 2 bridgehead atoms. The van der Waals surface area contributed by atoms with Crippen molar-refractivity contribution in [2.45, 2.75) is 195 Å². The zero-order chi connectivity index (χ0) is 64.0. The molecule has 3 aliphatic heterocycles. The highest BCUT2D eigenvalue weighted by Crippen LogP contribution is 2.38. The molecule has 27 heteroatoms. The lowest BCUT2D eigenvalue weighted by Crippen LogP contribution is -2.61. The third kappa shape index (κ3) is 22.8. The van der Waals surface area contributed by atoms with Crippen molar-refractivity contribution in [2.75, 3.05) is 0 Å². The van der Waals surface area contributed by atoms with Gasteiger partial charge in [0.05, 0.1) is 92.7 Å². The van der Waals surface area contributed by atoms with Crippen LogP contribution in [0.2, 0.25) is 0 Å². The number of halogens is 2. The zero-order valence-corrected chi connectivity index (χ0v) is 48.9. The van der Waals surface area contributed by atoms with Crippen LogP contribution in [0, 0.1) is 29.4 Å². The van der Waals surface area contributed by atoms with Crippen LogP contribution in [0.5, 0.6) is 0 Å². The number of aromatic nitrogens is 6. The van der Waals surface area contributed by atoms with Crippen molar-refractivity contribution in [1.29, 1.82) is 0 Å². The van der Waals surface area contributed by atoms with Crippen molar-refractivity contribution < 1.29 is 98.6 Å². The van der Waals surface area contributed by atoms with E-state index in [4.69, 9.17) is 24.7 Å². The minimum Gasteiger partial charge on any atom is -0.481 e. The summed E-state index contributed by atoms with van der Waals surface area (Å²) in [5.41, 5.74) is 4.27. The van der Waals surface area contributed by atoms with E-state index in [0.29, 0.717) is 0 Å². The number of allylic oxidation sites excluding steroid dienone is 12. The Hall–Kier alpha value is -6.12. The van der Waals surface area contributed by atoms with Crippen LogP contribution in [0.15, 0.2) is 129 Å². The van der Waals surface area contributed by atoms with Gasteiger partial charge in [-0.2, -0.15) is 10.2 Å². The summed E-state index contributed by atoms with van der Waals surface area (Å²) >= 11 is 0. The molecular weight excluding hydrogens is 1140 g/mol. The number of carbonyl (C=O) groups is 2. The van der Waals surface area contributed by atoms with Crippen LogP contribution < -0.4 is 5.73 Å². The molecule has 0 spiro atoms. The second kappa shape index (κ2) is 34.6. The number of nitrogens with zero attached hydrogens (tertiary/aromatic N) is 6. The number of esters is 1. The molecule has 14 N–H and O–H groups in total. The third-order valence-electron chi connectivity index (χ3n) is 15.2. The molecule has 19 atom stereocenters. The Labute approximate surface area is 503 Å². The highest BCUT2D eigenvalue weighted by Gasteiger charge is 2.51. The van der Waals surface area contributed by atoms with Gasteiger partial charge < -0.3 is 86.0 Å². The minimum absolute atomic E-state index is 0.0556. The lowest BCUT2D eigenvalue weighted by molar-refractivity contribution is -0.308. The largest absolute Gasteiger partial charge is 0.481 e. The summed E-state index contributed by atoms with van der Waals surface area (Å²) in [4.78, 5) is 32.6. The molecule has 2 fully saturated rings. The predicted octanol–water partition coefficient (Wildman–Crippen LogP) is 1.45. The fourth-order valence-corrected chi connectivity index (χ4v) is 10.2. The summed E-state index contributed by atoms with van der Waals surface area (Å²) in [6.07, 6.45) is 8.86. The van der Waals surface area contributed by atoms with E-state index in [9.17, 15) is 79.6 Å². The van der Waals surface area contributed by atoms with Crippen LogP contribution in [0.3, 0.4) is 0 Å². The lowest BCUT2D eigenvalue weighted by atomic mass is 9.82. The molecule has 1 unspecified atom stereocenters. The first kappa shape index (κ1) is 71.6. The molecule has 482 valence electrons. The molecule has 3 aromatic rings. The Morgan fingerprint density at radius 1 is 0.713 bits per heavy atom. The number of carboxylic acids is 1. The fourth-order valence-electron chi connectivity index (χ4n) is 10.2. The number of fused-ring (bicyclic) bond motifs is 2. The van der Waals surface area contributed by atoms with Gasteiger partial charge in [-0.25, -0.2) is 28.1 Å². The number of aliphatic hydroxyl groups excluding tert-OH is 9. The van der Waals surface area contributed by atoms with Crippen LogP contribution in [-0.2, 0) is 47.2 Å². The van der Waals surface area contributed by atoms with Crippen LogP contribution in [-0.4, -0.2) is 200 Å². The molecule has 0 aliphatic carbocycles. The zero-order valence-electron chi connectivity index (χ0n) is 48.9. The summed E-state index contributed by atoms with van der Waals surface area (Å²) in [7, 11) is 0. The summed E-state index contributed by atoms with van der Waals surface area (Å²) in [6, 6.07) is 1.87. The van der Waals surface area contributed by atoms with E-state index < -0.39 is 164 Å². The van der Waals surface area contributed by atoms with Crippen molar-refractivity contribution >= 4 is 11.9 Å². The standard InChI is InChI=1S/C47H73NO17.C13H12F2N6O/c1-27-17-15-13-11-9-7-5-6-8-10-12-14-16-18-34(64-46-44(58)41(48)43(57)30(4)63-46)24-38-40(45(59)60)37(54)26-47(61,65-38)25-33(51)22-36(53)35(52)20-19-31(49)21-32(50)23-39(55)62-29(3)28(2)42(27)56;14-10-1-2-11(12(15)3-10)13(22,4-20-8-16-6-18-20)5-21-9-17-7-19-21/h5-18,27-38,40-44,46,49-54,56-58,61H,19-26,48H2,1-4H3,(H,59,60);1-3,6-9,22H,4-5H2/b6-5+,9-7+,10-8+,13-11+,14-12+,17-15+,18-16+;/t27-,28-,29-,30-,31+,32+,33-,34-,35+,36+,37-,38-,40+,41+,42+,43-,44+,46?,47-;/m0./s1. The van der Waals surface area contributed by atoms with Gasteiger partial charge in [-0.3, -0.25) is 9.59 Å². The van der Waals surface area contributed by atoms with Crippen molar-refractivity contribution in [3.63, 3.8) is 0 Å². The molecule has 1 aromatic carbocycles. The Bertz CT molecular complexity index is 2730. The van der Waals surface area contributed by atoms with Crippen LogP contribution in [0.1, 0.15) is 84.6 Å². The maximum absolute atomic E-state index is 14.1. The summed E-state index contributed by atoms with van der Waals surface area (Å²) in [5, 5.41) is 137. The van der Waals surface area contributed by atoms with E-state index >= 15 is 0 Å². The molecule has 2 aromatic heterocycles. The Kier molecular flexibility index (Phi) is 28.5. The SMILES string of the molecule is C[C@@H]1[C@H](O)[C@@H](C)/C=C/C=C/C=C/C=C/C=C/C=C/C=C/[C@H](OC2O[C@@H](C)[C@H](O)[C@@H](N)[C@H]2O)C[C@@H]2O[C@@](O)(C[C@@H](O)C[C@@H](O)[C@H](O)CC[C@@H](O)C[C@@H](O)CC(=O)O[C@H]1C)C[C@H](O)[C@H]2C(=O)O.OC(Cn1cncn1)(Cn1cncn1)c1ccc(F)cc1F. The number of hydrogen-bond donors (Lipinski definition) is 13. The van der Waals surface area contributed by atoms with E-state index in [1.807, 2.05) is 19.1 Å². The quantitative estimate of drug-likeness (QED) is 0.142. The van der Waals surface area contributed by atoms with E-state index in [2.05, 4.69) is 20.2 Å². The van der Waals surface area contributed by atoms with Crippen LogP contribution >= 0.6 is 0 Å².